The number of benzene rings is 3. The summed E-state index contributed by atoms with van der Waals surface area (Å²) in [6.45, 7) is 2.55. The first-order valence-corrected chi connectivity index (χ1v) is 10.7. The van der Waals surface area contributed by atoms with E-state index in [1.165, 1.54) is 4.90 Å². The van der Waals surface area contributed by atoms with E-state index in [9.17, 15) is 9.59 Å². The van der Waals surface area contributed by atoms with Gasteiger partial charge in [-0.2, -0.15) is 0 Å². The first-order chi connectivity index (χ1) is 15.1. The molecule has 4 rings (SSSR count). The Kier molecular flexibility index (Phi) is 6.38. The second-order valence-corrected chi connectivity index (χ2v) is 8.12. The molecule has 0 radical (unpaired) electrons. The summed E-state index contributed by atoms with van der Waals surface area (Å²) in [5, 5.41) is 2.83. The second kappa shape index (κ2) is 9.53. The number of nitrogens with one attached hydrogen (secondary N) is 1. The van der Waals surface area contributed by atoms with Gasteiger partial charge in [-0.25, -0.2) is 0 Å². The summed E-state index contributed by atoms with van der Waals surface area (Å²) < 4.78 is 5.96. The monoisotopic (exact) mass is 430 g/mol. The third kappa shape index (κ3) is 5.16. The van der Waals surface area contributed by atoms with E-state index >= 15 is 0 Å². The fourth-order valence-electron chi connectivity index (χ4n) is 3.09. The number of hydrogen-bond donors (Lipinski definition) is 1. The van der Waals surface area contributed by atoms with Gasteiger partial charge in [0.15, 0.2) is 0 Å². The van der Waals surface area contributed by atoms with Crippen LogP contribution in [0, 0.1) is 6.92 Å². The van der Waals surface area contributed by atoms with E-state index in [2.05, 4.69) is 5.32 Å². The molecule has 6 heteroatoms. The third-order valence-electron chi connectivity index (χ3n) is 4.81. The number of anilines is 1. The average Bonchev–Trinajstić information content (AvgIpc) is 3.06. The quantitative estimate of drug-likeness (QED) is 0.489. The van der Waals surface area contributed by atoms with Crippen molar-refractivity contribution in [2.24, 2.45) is 0 Å². The lowest BCUT2D eigenvalue weighted by Crippen LogP contribution is -2.33. The molecule has 0 unspecified atom stereocenters. The Bertz CT molecular complexity index is 1110. The van der Waals surface area contributed by atoms with Crippen LogP contribution in [0.15, 0.2) is 83.8 Å². The molecule has 0 aromatic heterocycles. The van der Waals surface area contributed by atoms with E-state index < -0.39 is 0 Å². The zero-order valence-corrected chi connectivity index (χ0v) is 17.9. The summed E-state index contributed by atoms with van der Waals surface area (Å²) in [5.41, 5.74) is 3.82. The minimum atomic E-state index is -0.313. The number of carbonyl (C=O) groups is 2. The number of aryl methyl sites for hydroxylation is 1. The Balaban J connectivity index is 1.45. The molecule has 0 aliphatic carbocycles. The van der Waals surface area contributed by atoms with Crippen LogP contribution in [-0.2, 0) is 11.4 Å². The van der Waals surface area contributed by atoms with Crippen molar-refractivity contribution >= 4 is 34.7 Å². The maximum atomic E-state index is 12.8. The van der Waals surface area contributed by atoms with Crippen LogP contribution in [0.3, 0.4) is 0 Å². The fourth-order valence-corrected chi connectivity index (χ4v) is 3.92. The second-order valence-electron chi connectivity index (χ2n) is 7.12. The molecule has 1 aliphatic rings. The molecule has 156 valence electrons. The zero-order chi connectivity index (χ0) is 21.6. The predicted octanol–water partition coefficient (Wildman–Crippen LogP) is 5.68. The molecule has 0 saturated carbocycles. The standard InChI is InChI=1S/C25H22N2O3S/c1-18-11-13-21(14-12-18)26-17-27-24(28)23(31-25(27)29)15-20-9-5-6-10-22(20)30-16-19-7-3-2-4-8-19/h2-15,26H,16-17H2,1H3. The summed E-state index contributed by atoms with van der Waals surface area (Å²) in [6, 6.07) is 25.2. The summed E-state index contributed by atoms with van der Waals surface area (Å²) in [4.78, 5) is 26.8. The van der Waals surface area contributed by atoms with Crippen molar-refractivity contribution in [1.82, 2.24) is 4.90 Å². The Hall–Kier alpha value is -3.51. The number of carbonyl (C=O) groups excluding carboxylic acids is 2. The van der Waals surface area contributed by atoms with Crippen LogP contribution in [-0.4, -0.2) is 22.7 Å². The summed E-state index contributed by atoms with van der Waals surface area (Å²) in [5.74, 6) is 0.350. The van der Waals surface area contributed by atoms with Crippen molar-refractivity contribution in [3.8, 4) is 5.75 Å². The number of thioether (sulfide) groups is 1. The van der Waals surface area contributed by atoms with Crippen LogP contribution in [0.5, 0.6) is 5.75 Å². The van der Waals surface area contributed by atoms with Gasteiger partial charge in [0.25, 0.3) is 11.1 Å². The number of amides is 2. The maximum absolute atomic E-state index is 12.8. The van der Waals surface area contributed by atoms with Gasteiger partial charge in [0, 0.05) is 11.3 Å². The molecule has 1 saturated heterocycles. The van der Waals surface area contributed by atoms with E-state index in [0.29, 0.717) is 17.3 Å². The Morgan fingerprint density at radius 1 is 0.935 bits per heavy atom. The van der Waals surface area contributed by atoms with Gasteiger partial charge < -0.3 is 10.1 Å². The molecule has 5 nitrogen and oxygen atoms in total. The van der Waals surface area contributed by atoms with E-state index in [4.69, 9.17) is 4.74 Å². The van der Waals surface area contributed by atoms with Gasteiger partial charge >= 0.3 is 0 Å². The van der Waals surface area contributed by atoms with Crippen molar-refractivity contribution in [2.75, 3.05) is 12.0 Å². The van der Waals surface area contributed by atoms with Crippen LogP contribution in [0.25, 0.3) is 6.08 Å². The SMILES string of the molecule is Cc1ccc(NCN2C(=O)SC(=Cc3ccccc3OCc3ccccc3)C2=O)cc1. The molecule has 1 N–H and O–H groups in total. The lowest BCUT2D eigenvalue weighted by Gasteiger charge is -2.14. The van der Waals surface area contributed by atoms with E-state index in [0.717, 1.165) is 34.1 Å². The Labute approximate surface area is 185 Å². The van der Waals surface area contributed by atoms with E-state index in [1.54, 1.807) is 6.08 Å². The molecule has 1 heterocycles. The van der Waals surface area contributed by atoms with Gasteiger partial charge in [0.1, 0.15) is 12.4 Å². The number of nitrogens with zero attached hydrogens (tertiary/aromatic N) is 1. The van der Waals surface area contributed by atoms with Gasteiger partial charge in [-0.15, -0.1) is 0 Å². The molecule has 0 spiro atoms. The smallest absolute Gasteiger partial charge is 0.295 e. The van der Waals surface area contributed by atoms with Crippen molar-refractivity contribution < 1.29 is 14.3 Å². The van der Waals surface area contributed by atoms with Crippen LogP contribution < -0.4 is 10.1 Å². The highest BCUT2D eigenvalue weighted by atomic mass is 32.2. The molecule has 1 fully saturated rings. The van der Waals surface area contributed by atoms with Gasteiger partial charge in [0.2, 0.25) is 0 Å². The normalized spacial score (nSPS) is 14.9. The zero-order valence-electron chi connectivity index (χ0n) is 17.1. The molecule has 2 amide bonds. The highest BCUT2D eigenvalue weighted by molar-refractivity contribution is 8.18. The molecule has 0 bridgehead atoms. The van der Waals surface area contributed by atoms with Gasteiger partial charge in [-0.1, -0.05) is 66.2 Å². The maximum Gasteiger partial charge on any atom is 0.295 e. The van der Waals surface area contributed by atoms with Crippen LogP contribution in [0.2, 0.25) is 0 Å². The fraction of sp³-hybridized carbons (Fsp3) is 0.120. The summed E-state index contributed by atoms with van der Waals surface area (Å²) in [6.07, 6.45) is 1.72. The molecule has 1 aliphatic heterocycles. The molecule has 3 aromatic carbocycles. The first kappa shape index (κ1) is 20.8. The number of hydrogen-bond acceptors (Lipinski definition) is 5. The number of imide groups is 1. The minimum Gasteiger partial charge on any atom is -0.488 e. The first-order valence-electron chi connectivity index (χ1n) is 9.92. The van der Waals surface area contributed by atoms with Gasteiger partial charge in [-0.05, 0) is 48.5 Å². The third-order valence-corrected chi connectivity index (χ3v) is 5.72. The van der Waals surface area contributed by atoms with Crippen LogP contribution in [0.1, 0.15) is 16.7 Å². The molecular formula is C25H22N2O3S. The van der Waals surface area contributed by atoms with Crippen LogP contribution in [0.4, 0.5) is 10.5 Å². The van der Waals surface area contributed by atoms with E-state index in [1.807, 2.05) is 85.8 Å². The van der Waals surface area contributed by atoms with Gasteiger partial charge in [-0.3, -0.25) is 14.5 Å². The Morgan fingerprint density at radius 2 is 1.65 bits per heavy atom. The lowest BCUT2D eigenvalue weighted by atomic mass is 10.1. The summed E-state index contributed by atoms with van der Waals surface area (Å²) >= 11 is 0.940. The Morgan fingerprint density at radius 3 is 2.42 bits per heavy atom. The molecule has 31 heavy (non-hydrogen) atoms. The predicted molar refractivity (Wildman–Crippen MR) is 125 cm³/mol. The summed E-state index contributed by atoms with van der Waals surface area (Å²) in [7, 11) is 0. The number of ether oxygens (including phenoxy) is 1. The topological polar surface area (TPSA) is 58.6 Å². The van der Waals surface area contributed by atoms with Crippen molar-refractivity contribution in [3.05, 3.63) is 100 Å². The highest BCUT2D eigenvalue weighted by Gasteiger charge is 2.35. The largest absolute Gasteiger partial charge is 0.488 e. The molecule has 3 aromatic rings. The van der Waals surface area contributed by atoms with Crippen LogP contribution >= 0.6 is 11.8 Å². The van der Waals surface area contributed by atoms with Crippen molar-refractivity contribution in [2.45, 2.75) is 13.5 Å². The number of rotatable bonds is 7. The number of para-hydroxylation sites is 1. The molecule has 0 atom stereocenters. The van der Waals surface area contributed by atoms with Crippen molar-refractivity contribution in [3.63, 3.8) is 0 Å². The minimum absolute atomic E-state index is 0.122. The average molecular weight is 431 g/mol. The van der Waals surface area contributed by atoms with Gasteiger partial charge in [0.05, 0.1) is 11.6 Å². The lowest BCUT2D eigenvalue weighted by molar-refractivity contribution is -0.122. The van der Waals surface area contributed by atoms with Crippen molar-refractivity contribution in [1.29, 1.82) is 0 Å². The molecular weight excluding hydrogens is 408 g/mol. The highest BCUT2D eigenvalue weighted by Crippen LogP contribution is 2.34. The van der Waals surface area contributed by atoms with E-state index in [-0.39, 0.29) is 17.8 Å².